The second kappa shape index (κ2) is 5.71. The Morgan fingerprint density at radius 1 is 1.39 bits per heavy atom. The lowest BCUT2D eigenvalue weighted by molar-refractivity contribution is 0.0949. The fourth-order valence-corrected chi connectivity index (χ4v) is 2.62. The first kappa shape index (κ1) is 15.0. The normalized spacial score (nSPS) is 11.6. The third-order valence-electron chi connectivity index (χ3n) is 2.38. The molecular formula is C12H16ClNO3S. The Bertz CT molecular complexity index is 552. The summed E-state index contributed by atoms with van der Waals surface area (Å²) in [5, 5.41) is 2.72. The molecule has 0 heterocycles. The summed E-state index contributed by atoms with van der Waals surface area (Å²) < 4.78 is 22.7. The van der Waals surface area contributed by atoms with Crippen LogP contribution in [0.25, 0.3) is 0 Å². The fraction of sp³-hybridized carbons (Fsp3) is 0.417. The molecule has 100 valence electrons. The van der Waals surface area contributed by atoms with Gasteiger partial charge in [-0.05, 0) is 30.5 Å². The molecule has 0 spiro atoms. The van der Waals surface area contributed by atoms with E-state index in [-0.39, 0.29) is 10.8 Å². The van der Waals surface area contributed by atoms with Gasteiger partial charge in [0, 0.05) is 22.8 Å². The lowest BCUT2D eigenvalue weighted by Crippen LogP contribution is -2.27. The summed E-state index contributed by atoms with van der Waals surface area (Å²) in [6.45, 7) is 6.12. The van der Waals surface area contributed by atoms with E-state index >= 15 is 0 Å². The van der Waals surface area contributed by atoms with Crippen molar-refractivity contribution in [2.75, 3.05) is 6.54 Å². The Labute approximate surface area is 112 Å². The molecule has 6 heteroatoms. The lowest BCUT2D eigenvalue weighted by Gasteiger charge is -2.09. The van der Waals surface area contributed by atoms with Crippen LogP contribution in [0.1, 0.15) is 29.8 Å². The molecule has 0 fully saturated rings. The van der Waals surface area contributed by atoms with Crippen LogP contribution in [0.3, 0.4) is 0 Å². The molecule has 18 heavy (non-hydrogen) atoms. The summed E-state index contributed by atoms with van der Waals surface area (Å²) >= 11 is 0. The monoisotopic (exact) mass is 289 g/mol. The summed E-state index contributed by atoms with van der Waals surface area (Å²) in [4.78, 5) is 11.8. The van der Waals surface area contributed by atoms with Crippen molar-refractivity contribution in [2.24, 2.45) is 5.92 Å². The van der Waals surface area contributed by atoms with Crippen molar-refractivity contribution in [1.82, 2.24) is 5.32 Å². The van der Waals surface area contributed by atoms with Gasteiger partial charge in [0.25, 0.3) is 15.0 Å². The summed E-state index contributed by atoms with van der Waals surface area (Å²) in [6, 6.07) is 4.45. The molecule has 0 aliphatic carbocycles. The molecule has 0 atom stereocenters. The molecule has 1 rings (SSSR count). The molecule has 1 N–H and O–H groups in total. The predicted molar refractivity (Wildman–Crippen MR) is 71.4 cm³/mol. The number of rotatable bonds is 4. The van der Waals surface area contributed by atoms with Crippen LogP contribution in [0, 0.1) is 12.8 Å². The molecule has 0 aromatic heterocycles. The lowest BCUT2D eigenvalue weighted by atomic mass is 10.1. The maximum Gasteiger partial charge on any atom is 0.261 e. The second-order valence-corrected chi connectivity index (χ2v) is 7.06. The topological polar surface area (TPSA) is 63.2 Å². The molecule has 0 unspecified atom stereocenters. The molecule has 1 amide bonds. The first-order chi connectivity index (χ1) is 8.21. The van der Waals surface area contributed by atoms with Crippen LogP contribution in [-0.4, -0.2) is 20.9 Å². The van der Waals surface area contributed by atoms with Crippen LogP contribution in [0.2, 0.25) is 0 Å². The van der Waals surface area contributed by atoms with Gasteiger partial charge in [-0.25, -0.2) is 8.42 Å². The number of nitrogens with one attached hydrogen (secondary N) is 1. The van der Waals surface area contributed by atoms with Gasteiger partial charge in [-0.2, -0.15) is 0 Å². The minimum Gasteiger partial charge on any atom is -0.352 e. The maximum absolute atomic E-state index is 11.8. The second-order valence-electron chi connectivity index (χ2n) is 4.52. The average molecular weight is 290 g/mol. The molecule has 4 nitrogen and oxygen atoms in total. The predicted octanol–water partition coefficient (Wildman–Crippen LogP) is 2.31. The average Bonchev–Trinajstić information content (AvgIpc) is 2.24. The number of hydrogen-bond donors (Lipinski definition) is 1. The van der Waals surface area contributed by atoms with Gasteiger partial charge in [0.05, 0.1) is 4.90 Å². The first-order valence-corrected chi connectivity index (χ1v) is 7.86. The zero-order valence-electron chi connectivity index (χ0n) is 10.5. The van der Waals surface area contributed by atoms with Gasteiger partial charge in [0.1, 0.15) is 0 Å². The van der Waals surface area contributed by atoms with E-state index in [2.05, 4.69) is 5.32 Å². The minimum absolute atomic E-state index is 0.0265. The molecule has 0 saturated carbocycles. The van der Waals surface area contributed by atoms with Gasteiger partial charge in [0.15, 0.2) is 0 Å². The van der Waals surface area contributed by atoms with Crippen LogP contribution in [-0.2, 0) is 9.05 Å². The number of carbonyl (C=O) groups is 1. The van der Waals surface area contributed by atoms with Crippen LogP contribution in [0.5, 0.6) is 0 Å². The number of hydrogen-bond acceptors (Lipinski definition) is 3. The van der Waals surface area contributed by atoms with E-state index in [0.29, 0.717) is 23.6 Å². The summed E-state index contributed by atoms with van der Waals surface area (Å²) in [5.74, 6) is 0.0286. The summed E-state index contributed by atoms with van der Waals surface area (Å²) in [6.07, 6.45) is 0. The quantitative estimate of drug-likeness (QED) is 0.865. The van der Waals surface area contributed by atoms with Crippen LogP contribution >= 0.6 is 10.7 Å². The van der Waals surface area contributed by atoms with Gasteiger partial charge < -0.3 is 5.32 Å². The van der Waals surface area contributed by atoms with E-state index in [1.54, 1.807) is 19.1 Å². The van der Waals surface area contributed by atoms with Gasteiger partial charge >= 0.3 is 0 Å². The molecule has 1 aromatic rings. The van der Waals surface area contributed by atoms with E-state index in [4.69, 9.17) is 10.7 Å². The minimum atomic E-state index is -3.83. The van der Waals surface area contributed by atoms with Crippen molar-refractivity contribution < 1.29 is 13.2 Å². The zero-order chi connectivity index (χ0) is 13.9. The highest BCUT2D eigenvalue weighted by molar-refractivity contribution is 8.13. The van der Waals surface area contributed by atoms with Crippen molar-refractivity contribution in [3.05, 3.63) is 29.3 Å². The highest BCUT2D eigenvalue weighted by Gasteiger charge is 2.16. The number of halogens is 1. The Hall–Kier alpha value is -1.07. The highest BCUT2D eigenvalue weighted by Crippen LogP contribution is 2.20. The molecule has 0 aliphatic heterocycles. The van der Waals surface area contributed by atoms with Crippen molar-refractivity contribution >= 4 is 25.6 Å². The van der Waals surface area contributed by atoms with Crippen LogP contribution in [0.4, 0.5) is 0 Å². The van der Waals surface area contributed by atoms with Crippen molar-refractivity contribution in [1.29, 1.82) is 0 Å². The van der Waals surface area contributed by atoms with Crippen molar-refractivity contribution in [2.45, 2.75) is 25.7 Å². The van der Waals surface area contributed by atoms with E-state index in [1.807, 2.05) is 13.8 Å². The standard InChI is InChI=1S/C12H16ClNO3S/c1-8(2)7-14-12(15)10-5-4-9(3)11(6-10)18(13,16)17/h4-6,8H,7H2,1-3H3,(H,14,15). The fourth-order valence-electron chi connectivity index (χ4n) is 1.40. The van der Waals surface area contributed by atoms with E-state index < -0.39 is 9.05 Å². The Morgan fingerprint density at radius 3 is 2.50 bits per heavy atom. The van der Waals surface area contributed by atoms with Crippen LogP contribution in [0.15, 0.2) is 23.1 Å². The largest absolute Gasteiger partial charge is 0.352 e. The zero-order valence-corrected chi connectivity index (χ0v) is 12.1. The van der Waals surface area contributed by atoms with E-state index in [1.165, 1.54) is 6.07 Å². The third-order valence-corrected chi connectivity index (χ3v) is 3.85. The van der Waals surface area contributed by atoms with E-state index in [9.17, 15) is 13.2 Å². The first-order valence-electron chi connectivity index (χ1n) is 5.55. The van der Waals surface area contributed by atoms with Gasteiger partial charge in [-0.15, -0.1) is 0 Å². The Morgan fingerprint density at radius 2 is 2.00 bits per heavy atom. The Balaban J connectivity index is 3.02. The molecule has 0 aliphatic rings. The molecule has 0 radical (unpaired) electrons. The molecule has 1 aromatic carbocycles. The highest BCUT2D eigenvalue weighted by atomic mass is 35.7. The summed E-state index contributed by atoms with van der Waals surface area (Å²) in [5.41, 5.74) is 0.811. The van der Waals surface area contributed by atoms with Gasteiger partial charge in [-0.1, -0.05) is 19.9 Å². The number of carbonyl (C=O) groups excluding carboxylic acids is 1. The smallest absolute Gasteiger partial charge is 0.261 e. The number of benzene rings is 1. The molecule has 0 bridgehead atoms. The van der Waals surface area contributed by atoms with Crippen molar-refractivity contribution in [3.8, 4) is 0 Å². The van der Waals surface area contributed by atoms with Crippen molar-refractivity contribution in [3.63, 3.8) is 0 Å². The molecule has 0 saturated heterocycles. The SMILES string of the molecule is Cc1ccc(C(=O)NCC(C)C)cc1S(=O)(=O)Cl. The van der Waals surface area contributed by atoms with E-state index in [0.717, 1.165) is 0 Å². The third kappa shape index (κ3) is 3.99. The maximum atomic E-state index is 11.8. The van der Waals surface area contributed by atoms with Crippen LogP contribution < -0.4 is 5.32 Å². The molecular weight excluding hydrogens is 274 g/mol. The van der Waals surface area contributed by atoms with Gasteiger partial charge in [-0.3, -0.25) is 4.79 Å². The Kier molecular flexibility index (Phi) is 4.76. The number of amides is 1. The number of aryl methyl sites for hydroxylation is 1. The van der Waals surface area contributed by atoms with Gasteiger partial charge in [0.2, 0.25) is 0 Å². The summed E-state index contributed by atoms with van der Waals surface area (Å²) in [7, 11) is 1.48.